The fourth-order valence-corrected chi connectivity index (χ4v) is 3.55. The normalized spacial score (nSPS) is 14.3. The average molecular weight is 351 g/mol. The topological polar surface area (TPSA) is 73.0 Å². The zero-order chi connectivity index (χ0) is 18.3. The SMILES string of the molecule is CCn1ncc(C(=O)N2CCc3nc4ccccc4c(=O)n3CC2)c1C. The van der Waals surface area contributed by atoms with E-state index < -0.39 is 0 Å². The number of aromatic nitrogens is 4. The Hall–Kier alpha value is -2.96. The Morgan fingerprint density at radius 1 is 1.19 bits per heavy atom. The second-order valence-corrected chi connectivity index (χ2v) is 6.50. The minimum absolute atomic E-state index is 0.0325. The number of hydrogen-bond acceptors (Lipinski definition) is 4. The summed E-state index contributed by atoms with van der Waals surface area (Å²) in [6, 6.07) is 7.38. The van der Waals surface area contributed by atoms with Gasteiger partial charge in [0.05, 0.1) is 22.7 Å². The molecule has 3 aromatic rings. The molecule has 0 atom stereocenters. The summed E-state index contributed by atoms with van der Waals surface area (Å²) in [7, 11) is 0. The van der Waals surface area contributed by atoms with Crippen molar-refractivity contribution in [3.05, 3.63) is 57.9 Å². The van der Waals surface area contributed by atoms with Crippen LogP contribution >= 0.6 is 0 Å². The molecule has 7 nitrogen and oxygen atoms in total. The molecule has 134 valence electrons. The van der Waals surface area contributed by atoms with Crippen molar-refractivity contribution in [1.29, 1.82) is 0 Å². The Labute approximate surface area is 150 Å². The van der Waals surface area contributed by atoms with Crippen molar-refractivity contribution < 1.29 is 4.79 Å². The van der Waals surface area contributed by atoms with E-state index in [0.717, 1.165) is 18.1 Å². The molecule has 0 saturated heterocycles. The van der Waals surface area contributed by atoms with Crippen molar-refractivity contribution in [3.8, 4) is 0 Å². The van der Waals surface area contributed by atoms with E-state index >= 15 is 0 Å². The van der Waals surface area contributed by atoms with Crippen LogP contribution in [-0.4, -0.2) is 43.2 Å². The molecule has 1 amide bonds. The Morgan fingerprint density at radius 2 is 2.00 bits per heavy atom. The minimum Gasteiger partial charge on any atom is -0.336 e. The molecule has 0 unspecified atom stereocenters. The standard InChI is InChI=1S/C19H21N5O2/c1-3-24-13(2)15(12-20-24)18(25)22-9-8-17-21-16-7-5-4-6-14(16)19(26)23(17)11-10-22/h4-7,12H,3,8-11H2,1-2H3. The highest BCUT2D eigenvalue weighted by atomic mass is 16.2. The lowest BCUT2D eigenvalue weighted by Gasteiger charge is -2.19. The number of benzene rings is 1. The van der Waals surface area contributed by atoms with Gasteiger partial charge in [0.2, 0.25) is 0 Å². The summed E-state index contributed by atoms with van der Waals surface area (Å²) < 4.78 is 3.52. The van der Waals surface area contributed by atoms with Gasteiger partial charge in [-0.1, -0.05) is 12.1 Å². The number of carbonyl (C=O) groups is 1. The molecule has 0 N–H and O–H groups in total. The van der Waals surface area contributed by atoms with Gasteiger partial charge >= 0.3 is 0 Å². The van der Waals surface area contributed by atoms with Gasteiger partial charge in [-0.2, -0.15) is 5.10 Å². The van der Waals surface area contributed by atoms with Gasteiger partial charge in [0, 0.05) is 38.3 Å². The van der Waals surface area contributed by atoms with Crippen LogP contribution in [-0.2, 0) is 19.5 Å². The number of aryl methyl sites for hydroxylation is 1. The largest absolute Gasteiger partial charge is 0.336 e. The van der Waals surface area contributed by atoms with E-state index in [1.54, 1.807) is 21.7 Å². The van der Waals surface area contributed by atoms with Crippen LogP contribution in [0.5, 0.6) is 0 Å². The first-order chi connectivity index (χ1) is 12.6. The predicted octanol–water partition coefficient (Wildman–Crippen LogP) is 1.62. The third kappa shape index (κ3) is 2.60. The molecule has 1 aromatic carbocycles. The molecule has 2 aromatic heterocycles. The van der Waals surface area contributed by atoms with E-state index in [4.69, 9.17) is 0 Å². The first-order valence-electron chi connectivity index (χ1n) is 8.90. The van der Waals surface area contributed by atoms with Gasteiger partial charge in [0.25, 0.3) is 11.5 Å². The van der Waals surface area contributed by atoms with Crippen molar-refractivity contribution in [2.24, 2.45) is 0 Å². The maximum Gasteiger partial charge on any atom is 0.261 e. The van der Waals surface area contributed by atoms with Gasteiger partial charge in [-0.25, -0.2) is 4.98 Å². The molecule has 26 heavy (non-hydrogen) atoms. The third-order valence-electron chi connectivity index (χ3n) is 5.06. The van der Waals surface area contributed by atoms with Crippen molar-refractivity contribution in [2.75, 3.05) is 13.1 Å². The Morgan fingerprint density at radius 3 is 2.77 bits per heavy atom. The van der Waals surface area contributed by atoms with Gasteiger partial charge in [0.15, 0.2) is 0 Å². The molecule has 0 fully saturated rings. The minimum atomic E-state index is -0.0346. The van der Waals surface area contributed by atoms with Crippen LogP contribution in [0.25, 0.3) is 10.9 Å². The zero-order valence-electron chi connectivity index (χ0n) is 15.0. The molecule has 0 saturated carbocycles. The molecule has 0 radical (unpaired) electrons. The van der Waals surface area contributed by atoms with Crippen LogP contribution in [0, 0.1) is 6.92 Å². The molecule has 1 aliphatic rings. The molecule has 4 rings (SSSR count). The van der Waals surface area contributed by atoms with Crippen molar-refractivity contribution >= 4 is 16.8 Å². The van der Waals surface area contributed by atoms with Gasteiger partial charge in [-0.15, -0.1) is 0 Å². The van der Waals surface area contributed by atoms with E-state index in [2.05, 4.69) is 10.1 Å². The second kappa shape index (κ2) is 6.40. The van der Waals surface area contributed by atoms with Crippen molar-refractivity contribution in [2.45, 2.75) is 33.4 Å². The molecule has 3 heterocycles. The van der Waals surface area contributed by atoms with E-state index in [1.807, 2.05) is 36.7 Å². The lowest BCUT2D eigenvalue weighted by atomic mass is 10.2. The summed E-state index contributed by atoms with van der Waals surface area (Å²) in [6.07, 6.45) is 2.20. The maximum atomic E-state index is 12.9. The summed E-state index contributed by atoms with van der Waals surface area (Å²) in [4.78, 5) is 32.2. The number of nitrogens with zero attached hydrogens (tertiary/aromatic N) is 5. The van der Waals surface area contributed by atoms with Crippen LogP contribution in [0.1, 0.15) is 28.8 Å². The maximum absolute atomic E-state index is 12.9. The molecule has 0 aliphatic carbocycles. The van der Waals surface area contributed by atoms with Gasteiger partial charge < -0.3 is 4.90 Å². The summed E-state index contributed by atoms with van der Waals surface area (Å²) in [5.74, 6) is 0.706. The average Bonchev–Trinajstić information content (AvgIpc) is 2.89. The van der Waals surface area contributed by atoms with Crippen LogP contribution in [0.3, 0.4) is 0 Å². The number of para-hydroxylation sites is 1. The number of fused-ring (bicyclic) bond motifs is 2. The second-order valence-electron chi connectivity index (χ2n) is 6.50. The highest BCUT2D eigenvalue weighted by molar-refractivity contribution is 5.95. The van der Waals surface area contributed by atoms with Crippen LogP contribution < -0.4 is 5.56 Å². The molecule has 0 bridgehead atoms. The number of amides is 1. The fraction of sp³-hybridized carbons (Fsp3) is 0.368. The Bertz CT molecular complexity index is 1050. The van der Waals surface area contributed by atoms with E-state index in [1.165, 1.54) is 0 Å². The summed E-state index contributed by atoms with van der Waals surface area (Å²) in [5.41, 5.74) is 2.18. The lowest BCUT2D eigenvalue weighted by molar-refractivity contribution is 0.0758. The fourth-order valence-electron chi connectivity index (χ4n) is 3.55. The highest BCUT2D eigenvalue weighted by Gasteiger charge is 2.24. The smallest absolute Gasteiger partial charge is 0.261 e. The Balaban J connectivity index is 1.65. The van der Waals surface area contributed by atoms with Gasteiger partial charge in [0.1, 0.15) is 5.82 Å². The first-order valence-corrected chi connectivity index (χ1v) is 8.90. The lowest BCUT2D eigenvalue weighted by Crippen LogP contribution is -2.34. The predicted molar refractivity (Wildman–Crippen MR) is 98.2 cm³/mol. The van der Waals surface area contributed by atoms with E-state index in [0.29, 0.717) is 42.5 Å². The van der Waals surface area contributed by atoms with E-state index in [-0.39, 0.29) is 11.5 Å². The zero-order valence-corrected chi connectivity index (χ0v) is 15.0. The molecular formula is C19H21N5O2. The number of hydrogen-bond donors (Lipinski definition) is 0. The van der Waals surface area contributed by atoms with Crippen LogP contribution in [0.15, 0.2) is 35.3 Å². The molecule has 0 spiro atoms. The number of carbonyl (C=O) groups excluding carboxylic acids is 1. The van der Waals surface area contributed by atoms with Gasteiger partial charge in [-0.05, 0) is 26.0 Å². The van der Waals surface area contributed by atoms with Crippen molar-refractivity contribution in [3.63, 3.8) is 0 Å². The molecule has 1 aliphatic heterocycles. The van der Waals surface area contributed by atoms with E-state index in [9.17, 15) is 9.59 Å². The Kier molecular flexibility index (Phi) is 4.06. The number of rotatable bonds is 2. The summed E-state index contributed by atoms with van der Waals surface area (Å²) in [6.45, 7) is 6.13. The molecular weight excluding hydrogens is 330 g/mol. The van der Waals surface area contributed by atoms with Crippen LogP contribution in [0.4, 0.5) is 0 Å². The quantitative estimate of drug-likeness (QED) is 0.703. The summed E-state index contributed by atoms with van der Waals surface area (Å²) >= 11 is 0. The monoisotopic (exact) mass is 351 g/mol. The van der Waals surface area contributed by atoms with Gasteiger partial charge in [-0.3, -0.25) is 18.8 Å². The molecule has 7 heteroatoms. The van der Waals surface area contributed by atoms with Crippen molar-refractivity contribution in [1.82, 2.24) is 24.2 Å². The summed E-state index contributed by atoms with van der Waals surface area (Å²) in [5, 5.41) is 4.89. The first kappa shape index (κ1) is 16.5. The third-order valence-corrected chi connectivity index (χ3v) is 5.06. The van der Waals surface area contributed by atoms with Crippen LogP contribution in [0.2, 0.25) is 0 Å². The highest BCUT2D eigenvalue weighted by Crippen LogP contribution is 2.15.